The van der Waals surface area contributed by atoms with Gasteiger partial charge >= 0.3 is 0 Å². The SMILES string of the molecule is CCc1cccc2c(CCNc3cc(CO)ccc3[N+](=O)[O-])c[nH]c12. The van der Waals surface area contributed by atoms with Gasteiger partial charge < -0.3 is 15.4 Å². The van der Waals surface area contributed by atoms with E-state index < -0.39 is 4.92 Å². The molecule has 0 saturated carbocycles. The van der Waals surface area contributed by atoms with Crippen LogP contribution in [0.3, 0.4) is 0 Å². The number of hydrogen-bond acceptors (Lipinski definition) is 4. The van der Waals surface area contributed by atoms with Gasteiger partial charge in [-0.25, -0.2) is 0 Å². The summed E-state index contributed by atoms with van der Waals surface area (Å²) >= 11 is 0. The van der Waals surface area contributed by atoms with Gasteiger partial charge in [0.25, 0.3) is 5.69 Å². The Labute approximate surface area is 145 Å². The second-order valence-corrected chi connectivity index (χ2v) is 5.95. The Morgan fingerprint density at radius 2 is 2.08 bits per heavy atom. The van der Waals surface area contributed by atoms with Crippen LogP contribution in [-0.4, -0.2) is 21.6 Å². The number of aliphatic hydroxyl groups excluding tert-OH is 1. The third kappa shape index (κ3) is 3.49. The predicted octanol–water partition coefficient (Wildman–Crippen LogP) is 3.79. The van der Waals surface area contributed by atoms with E-state index in [0.29, 0.717) is 17.8 Å². The molecule has 3 aromatic rings. The van der Waals surface area contributed by atoms with Crippen molar-refractivity contribution in [2.45, 2.75) is 26.4 Å². The maximum Gasteiger partial charge on any atom is 0.292 e. The zero-order valence-corrected chi connectivity index (χ0v) is 14.1. The maximum atomic E-state index is 11.2. The number of para-hydroxylation sites is 1. The number of aromatic nitrogens is 1. The largest absolute Gasteiger partial charge is 0.392 e. The number of rotatable bonds is 7. The van der Waals surface area contributed by atoms with E-state index in [0.717, 1.165) is 18.4 Å². The normalized spacial score (nSPS) is 11.0. The number of benzene rings is 2. The molecule has 0 atom stereocenters. The van der Waals surface area contributed by atoms with Crippen LogP contribution in [0.5, 0.6) is 0 Å². The van der Waals surface area contributed by atoms with Crippen molar-refractivity contribution in [3.63, 3.8) is 0 Å². The number of anilines is 1. The number of aromatic amines is 1. The van der Waals surface area contributed by atoms with Gasteiger partial charge in [-0.15, -0.1) is 0 Å². The highest BCUT2D eigenvalue weighted by Crippen LogP contribution is 2.26. The standard InChI is InChI=1S/C19H21N3O3/c1-2-14-4-3-5-16-15(11-21-19(14)16)8-9-20-17-10-13(12-23)6-7-18(17)22(24)25/h3-7,10-11,20-21,23H,2,8-9,12H2,1H3. The van der Waals surface area contributed by atoms with E-state index in [1.807, 2.05) is 6.20 Å². The van der Waals surface area contributed by atoms with Gasteiger partial charge in [-0.1, -0.05) is 25.1 Å². The summed E-state index contributed by atoms with van der Waals surface area (Å²) in [5.41, 5.74) is 4.72. The van der Waals surface area contributed by atoms with Crippen molar-refractivity contribution in [3.05, 3.63) is 69.4 Å². The molecule has 0 radical (unpaired) electrons. The molecule has 130 valence electrons. The predicted molar refractivity (Wildman–Crippen MR) is 98.9 cm³/mol. The number of nitro groups is 1. The van der Waals surface area contributed by atoms with E-state index in [1.165, 1.54) is 22.6 Å². The van der Waals surface area contributed by atoms with Gasteiger partial charge in [-0.2, -0.15) is 0 Å². The minimum atomic E-state index is -0.414. The van der Waals surface area contributed by atoms with Crippen LogP contribution in [0.25, 0.3) is 10.9 Å². The number of aliphatic hydroxyl groups is 1. The summed E-state index contributed by atoms with van der Waals surface area (Å²) in [5, 5.41) is 24.7. The van der Waals surface area contributed by atoms with Crippen molar-refractivity contribution >= 4 is 22.3 Å². The minimum Gasteiger partial charge on any atom is -0.392 e. The van der Waals surface area contributed by atoms with Gasteiger partial charge in [-0.3, -0.25) is 10.1 Å². The Balaban J connectivity index is 1.76. The average molecular weight is 339 g/mol. The van der Waals surface area contributed by atoms with E-state index in [4.69, 9.17) is 0 Å². The van der Waals surface area contributed by atoms with Crippen molar-refractivity contribution in [1.82, 2.24) is 4.98 Å². The van der Waals surface area contributed by atoms with Crippen LogP contribution in [0.1, 0.15) is 23.6 Å². The van der Waals surface area contributed by atoms with Crippen LogP contribution >= 0.6 is 0 Å². The average Bonchev–Trinajstić information content (AvgIpc) is 3.04. The first-order chi connectivity index (χ1) is 12.1. The second-order valence-electron chi connectivity index (χ2n) is 5.95. The molecule has 2 aromatic carbocycles. The Morgan fingerprint density at radius 1 is 1.24 bits per heavy atom. The first-order valence-electron chi connectivity index (χ1n) is 8.34. The van der Waals surface area contributed by atoms with Crippen molar-refractivity contribution < 1.29 is 10.0 Å². The summed E-state index contributed by atoms with van der Waals surface area (Å²) in [7, 11) is 0. The van der Waals surface area contributed by atoms with Crippen LogP contribution in [0.2, 0.25) is 0 Å². The van der Waals surface area contributed by atoms with E-state index in [9.17, 15) is 15.2 Å². The summed E-state index contributed by atoms with van der Waals surface area (Å²) in [6.07, 6.45) is 3.72. The fraction of sp³-hybridized carbons (Fsp3) is 0.263. The van der Waals surface area contributed by atoms with Crippen LogP contribution in [0.15, 0.2) is 42.6 Å². The molecule has 0 aliphatic carbocycles. The Morgan fingerprint density at radius 3 is 2.80 bits per heavy atom. The zero-order valence-electron chi connectivity index (χ0n) is 14.1. The van der Waals surface area contributed by atoms with Gasteiger partial charge in [0.05, 0.1) is 11.5 Å². The summed E-state index contributed by atoms with van der Waals surface area (Å²) < 4.78 is 0. The van der Waals surface area contributed by atoms with Crippen molar-refractivity contribution in [1.29, 1.82) is 0 Å². The summed E-state index contributed by atoms with van der Waals surface area (Å²) in [6.45, 7) is 2.55. The van der Waals surface area contributed by atoms with Gasteiger partial charge in [0.15, 0.2) is 0 Å². The highest BCUT2D eigenvalue weighted by molar-refractivity contribution is 5.86. The number of fused-ring (bicyclic) bond motifs is 1. The van der Waals surface area contributed by atoms with Crippen molar-refractivity contribution in [2.24, 2.45) is 0 Å². The van der Waals surface area contributed by atoms with E-state index in [1.54, 1.807) is 12.1 Å². The zero-order chi connectivity index (χ0) is 17.8. The molecule has 0 aliphatic rings. The Bertz CT molecular complexity index is 902. The number of nitrogens with one attached hydrogen (secondary N) is 2. The third-order valence-electron chi connectivity index (χ3n) is 4.42. The molecular formula is C19H21N3O3. The second kappa shape index (κ2) is 7.36. The molecule has 0 unspecified atom stereocenters. The summed E-state index contributed by atoms with van der Waals surface area (Å²) in [5.74, 6) is 0. The van der Waals surface area contributed by atoms with Crippen LogP contribution in [-0.2, 0) is 19.4 Å². The highest BCUT2D eigenvalue weighted by atomic mass is 16.6. The molecule has 1 heterocycles. The molecule has 1 aromatic heterocycles. The molecule has 0 spiro atoms. The number of H-pyrrole nitrogens is 1. The smallest absolute Gasteiger partial charge is 0.292 e. The molecule has 0 fully saturated rings. The lowest BCUT2D eigenvalue weighted by Gasteiger charge is -2.08. The minimum absolute atomic E-state index is 0.0180. The van der Waals surface area contributed by atoms with Crippen LogP contribution in [0.4, 0.5) is 11.4 Å². The number of nitro benzene ring substituents is 1. The molecule has 0 bridgehead atoms. The molecule has 25 heavy (non-hydrogen) atoms. The molecular weight excluding hydrogens is 318 g/mol. The van der Waals surface area contributed by atoms with Crippen LogP contribution < -0.4 is 5.32 Å². The lowest BCUT2D eigenvalue weighted by molar-refractivity contribution is -0.384. The molecule has 6 heteroatoms. The molecule has 3 rings (SSSR count). The molecule has 0 amide bonds. The highest BCUT2D eigenvalue weighted by Gasteiger charge is 2.14. The van der Waals surface area contributed by atoms with Gasteiger partial charge in [0.1, 0.15) is 5.69 Å². The maximum absolute atomic E-state index is 11.2. The summed E-state index contributed by atoms with van der Waals surface area (Å²) in [6, 6.07) is 10.9. The Hall–Kier alpha value is -2.86. The molecule has 6 nitrogen and oxygen atoms in total. The molecule has 3 N–H and O–H groups in total. The molecule has 0 saturated heterocycles. The Kier molecular flexibility index (Phi) is 5.00. The van der Waals surface area contributed by atoms with E-state index in [-0.39, 0.29) is 12.3 Å². The summed E-state index contributed by atoms with van der Waals surface area (Å²) in [4.78, 5) is 14.1. The van der Waals surface area contributed by atoms with Gasteiger partial charge in [0.2, 0.25) is 0 Å². The first-order valence-corrected chi connectivity index (χ1v) is 8.34. The lowest BCUT2D eigenvalue weighted by Crippen LogP contribution is -2.07. The monoisotopic (exact) mass is 339 g/mol. The number of aryl methyl sites for hydroxylation is 1. The number of nitrogens with zero attached hydrogens (tertiary/aromatic N) is 1. The van der Waals surface area contributed by atoms with Crippen LogP contribution in [0, 0.1) is 10.1 Å². The third-order valence-corrected chi connectivity index (χ3v) is 4.42. The number of hydrogen-bond donors (Lipinski definition) is 3. The fourth-order valence-electron chi connectivity index (χ4n) is 3.09. The van der Waals surface area contributed by atoms with E-state index in [2.05, 4.69) is 35.4 Å². The van der Waals surface area contributed by atoms with Crippen molar-refractivity contribution in [2.75, 3.05) is 11.9 Å². The van der Waals surface area contributed by atoms with Gasteiger partial charge in [-0.05, 0) is 41.7 Å². The van der Waals surface area contributed by atoms with E-state index >= 15 is 0 Å². The van der Waals surface area contributed by atoms with Crippen molar-refractivity contribution in [3.8, 4) is 0 Å². The quantitative estimate of drug-likeness (QED) is 0.451. The first kappa shape index (κ1) is 17.0. The fourth-order valence-corrected chi connectivity index (χ4v) is 3.09. The van der Waals surface area contributed by atoms with Gasteiger partial charge in [0, 0.05) is 29.7 Å². The lowest BCUT2D eigenvalue weighted by atomic mass is 10.1. The topological polar surface area (TPSA) is 91.2 Å². The molecule has 0 aliphatic heterocycles.